The van der Waals surface area contributed by atoms with Crippen LogP contribution in [-0.4, -0.2) is 24.8 Å². The van der Waals surface area contributed by atoms with Crippen molar-refractivity contribution < 1.29 is 18.3 Å². The van der Waals surface area contributed by atoms with E-state index in [0.29, 0.717) is 12.0 Å². The number of nitrogens with zero attached hydrogens (tertiary/aromatic N) is 3. The Balaban J connectivity index is 2.14. The lowest BCUT2D eigenvalue weighted by Gasteiger charge is -2.19. The molecule has 26 heavy (non-hydrogen) atoms. The van der Waals surface area contributed by atoms with Crippen LogP contribution in [0.3, 0.4) is 0 Å². The third-order valence-corrected chi connectivity index (χ3v) is 6.39. The molecule has 2 aromatic carbocycles. The average molecular weight is 398 g/mol. The van der Waals surface area contributed by atoms with E-state index in [9.17, 15) is 28.6 Å². The van der Waals surface area contributed by atoms with Gasteiger partial charge in [-0.2, -0.15) is 0 Å². The van der Waals surface area contributed by atoms with Crippen molar-refractivity contribution in [2.45, 2.75) is 18.2 Å². The summed E-state index contributed by atoms with van der Waals surface area (Å²) in [6.07, 6.45) is 0.383. The van der Waals surface area contributed by atoms with Crippen molar-refractivity contribution in [2.24, 2.45) is 0 Å². The van der Waals surface area contributed by atoms with E-state index in [2.05, 4.69) is 0 Å². The van der Waals surface area contributed by atoms with Gasteiger partial charge in [0.1, 0.15) is 0 Å². The third-order valence-electron chi connectivity index (χ3n) is 4.21. The van der Waals surface area contributed by atoms with E-state index in [4.69, 9.17) is 11.6 Å². The number of anilines is 1. The highest BCUT2D eigenvalue weighted by Gasteiger charge is 2.34. The molecule has 1 aliphatic rings. The number of rotatable bonds is 4. The summed E-state index contributed by atoms with van der Waals surface area (Å²) in [7, 11) is -4.17. The number of hydrogen-bond donors (Lipinski definition) is 0. The number of nitro groups is 2. The van der Waals surface area contributed by atoms with E-state index in [1.165, 1.54) is 25.1 Å². The lowest BCUT2D eigenvalue weighted by molar-refractivity contribution is -0.385. The molecule has 0 N–H and O–H groups in total. The van der Waals surface area contributed by atoms with Crippen molar-refractivity contribution in [3.05, 3.63) is 66.7 Å². The van der Waals surface area contributed by atoms with Gasteiger partial charge >= 0.3 is 0 Å². The maximum atomic E-state index is 13.0. The molecule has 0 fully saturated rings. The molecular weight excluding hydrogens is 386 g/mol. The molecule has 0 amide bonds. The second-order valence-corrected chi connectivity index (χ2v) is 7.97. The molecule has 0 aromatic heterocycles. The fraction of sp³-hybridized carbons (Fsp3) is 0.200. The van der Waals surface area contributed by atoms with E-state index in [1.807, 2.05) is 0 Å². The van der Waals surface area contributed by atoms with Crippen LogP contribution < -0.4 is 4.31 Å². The van der Waals surface area contributed by atoms with Crippen molar-refractivity contribution in [1.82, 2.24) is 0 Å². The molecule has 136 valence electrons. The molecule has 0 spiro atoms. The quantitative estimate of drug-likeness (QED) is 0.576. The second kappa shape index (κ2) is 6.22. The van der Waals surface area contributed by atoms with Gasteiger partial charge in [0.15, 0.2) is 0 Å². The van der Waals surface area contributed by atoms with Gasteiger partial charge in [0, 0.05) is 30.3 Å². The van der Waals surface area contributed by atoms with Crippen LogP contribution in [0.1, 0.15) is 11.1 Å². The molecule has 1 aliphatic heterocycles. The topological polar surface area (TPSA) is 124 Å². The van der Waals surface area contributed by atoms with Gasteiger partial charge in [-0.15, -0.1) is 0 Å². The summed E-state index contributed by atoms with van der Waals surface area (Å²) in [5, 5.41) is 22.1. The van der Waals surface area contributed by atoms with Gasteiger partial charge in [0.2, 0.25) is 0 Å². The molecule has 3 rings (SSSR count). The van der Waals surface area contributed by atoms with E-state index < -0.39 is 25.6 Å². The summed E-state index contributed by atoms with van der Waals surface area (Å²) < 4.78 is 27.0. The lowest BCUT2D eigenvalue weighted by Crippen LogP contribution is -2.29. The van der Waals surface area contributed by atoms with Gasteiger partial charge < -0.3 is 0 Å². The molecule has 0 unspecified atom stereocenters. The number of hydrogen-bond acceptors (Lipinski definition) is 6. The highest BCUT2D eigenvalue weighted by atomic mass is 35.5. The van der Waals surface area contributed by atoms with Gasteiger partial charge in [-0.3, -0.25) is 24.5 Å². The summed E-state index contributed by atoms with van der Waals surface area (Å²) in [5.41, 5.74) is 0.354. The summed E-state index contributed by atoms with van der Waals surface area (Å²) >= 11 is 5.97. The number of benzene rings is 2. The highest BCUT2D eigenvalue weighted by Crippen LogP contribution is 2.37. The summed E-state index contributed by atoms with van der Waals surface area (Å²) in [6.45, 7) is 1.50. The van der Waals surface area contributed by atoms with Crippen molar-refractivity contribution in [3.8, 4) is 0 Å². The summed E-state index contributed by atoms with van der Waals surface area (Å²) in [4.78, 5) is 20.5. The standard InChI is InChI=1S/C15H12ClN3O6S/c1-9-13(16)7-12(8-14(9)19(22)23)26(24,25)17-5-4-10-2-3-11(18(20)21)6-15(10)17/h2-3,6-8H,4-5H2,1H3. The number of nitro benzene ring substituents is 2. The fourth-order valence-corrected chi connectivity index (χ4v) is 4.63. The van der Waals surface area contributed by atoms with Crippen LogP contribution in [0.4, 0.5) is 17.1 Å². The Labute approximate surface area is 153 Å². The first-order chi connectivity index (χ1) is 12.1. The molecule has 0 saturated carbocycles. The van der Waals surface area contributed by atoms with Crippen LogP contribution in [0, 0.1) is 27.2 Å². The number of fused-ring (bicyclic) bond motifs is 1. The minimum Gasteiger partial charge on any atom is -0.265 e. The van der Waals surface area contributed by atoms with Gasteiger partial charge in [-0.25, -0.2) is 8.42 Å². The molecule has 0 saturated heterocycles. The van der Waals surface area contributed by atoms with Gasteiger partial charge in [-0.05, 0) is 25.0 Å². The van der Waals surface area contributed by atoms with E-state index in [0.717, 1.165) is 16.4 Å². The van der Waals surface area contributed by atoms with Crippen LogP contribution >= 0.6 is 11.6 Å². The number of halogens is 1. The van der Waals surface area contributed by atoms with Gasteiger partial charge in [0.25, 0.3) is 21.4 Å². The van der Waals surface area contributed by atoms with E-state index in [1.54, 1.807) is 0 Å². The maximum Gasteiger partial charge on any atom is 0.275 e. The van der Waals surface area contributed by atoms with E-state index in [-0.39, 0.29) is 33.4 Å². The average Bonchev–Trinajstić information content (AvgIpc) is 3.00. The van der Waals surface area contributed by atoms with Crippen molar-refractivity contribution >= 4 is 38.7 Å². The van der Waals surface area contributed by atoms with Crippen LogP contribution in [0.2, 0.25) is 5.02 Å². The van der Waals surface area contributed by atoms with Crippen molar-refractivity contribution in [3.63, 3.8) is 0 Å². The fourth-order valence-electron chi connectivity index (χ4n) is 2.81. The minimum absolute atomic E-state index is 0.0452. The van der Waals surface area contributed by atoms with Crippen molar-refractivity contribution in [2.75, 3.05) is 10.8 Å². The zero-order valence-corrected chi connectivity index (χ0v) is 15.0. The molecule has 0 bridgehead atoms. The van der Waals surface area contributed by atoms with E-state index >= 15 is 0 Å². The summed E-state index contributed by atoms with van der Waals surface area (Å²) in [6, 6.07) is 6.10. The number of sulfonamides is 1. The monoisotopic (exact) mass is 397 g/mol. The van der Waals surface area contributed by atoms with Crippen LogP contribution in [0.25, 0.3) is 0 Å². The van der Waals surface area contributed by atoms with Gasteiger partial charge in [0.05, 0.1) is 25.5 Å². The smallest absolute Gasteiger partial charge is 0.265 e. The Morgan fingerprint density at radius 1 is 1.12 bits per heavy atom. The van der Waals surface area contributed by atoms with Crippen LogP contribution in [0.5, 0.6) is 0 Å². The molecule has 0 radical (unpaired) electrons. The van der Waals surface area contributed by atoms with Crippen LogP contribution in [0.15, 0.2) is 35.2 Å². The molecule has 0 aliphatic carbocycles. The Bertz CT molecular complexity index is 1050. The first-order valence-corrected chi connectivity index (χ1v) is 9.19. The molecule has 0 atom stereocenters. The first kappa shape index (κ1) is 18.1. The highest BCUT2D eigenvalue weighted by molar-refractivity contribution is 7.92. The molecule has 11 heteroatoms. The Kier molecular flexibility index (Phi) is 4.32. The predicted octanol–water partition coefficient (Wildman–Crippen LogP) is 3.22. The minimum atomic E-state index is -4.17. The zero-order chi connectivity index (χ0) is 19.2. The molecule has 1 heterocycles. The van der Waals surface area contributed by atoms with Crippen molar-refractivity contribution in [1.29, 1.82) is 0 Å². The second-order valence-electron chi connectivity index (χ2n) is 5.70. The lowest BCUT2D eigenvalue weighted by atomic mass is 10.1. The Morgan fingerprint density at radius 2 is 1.81 bits per heavy atom. The third kappa shape index (κ3) is 2.86. The Hall–Kier alpha value is -2.72. The molecule has 2 aromatic rings. The van der Waals surface area contributed by atoms with Gasteiger partial charge in [-0.1, -0.05) is 17.7 Å². The molecule has 9 nitrogen and oxygen atoms in total. The summed E-state index contributed by atoms with van der Waals surface area (Å²) in [5.74, 6) is 0. The molecular formula is C15H12ClN3O6S. The van der Waals surface area contributed by atoms with Crippen LogP contribution in [-0.2, 0) is 16.4 Å². The number of non-ortho nitro benzene ring substituents is 1. The largest absolute Gasteiger partial charge is 0.275 e. The first-order valence-electron chi connectivity index (χ1n) is 7.37. The maximum absolute atomic E-state index is 13.0. The zero-order valence-electron chi connectivity index (χ0n) is 13.4. The predicted molar refractivity (Wildman–Crippen MR) is 94.2 cm³/mol. The SMILES string of the molecule is Cc1c(Cl)cc(S(=O)(=O)N2CCc3ccc([N+](=O)[O-])cc32)cc1[N+](=O)[O-]. The Morgan fingerprint density at radius 3 is 2.42 bits per heavy atom. The normalized spacial score (nSPS) is 13.5.